The summed E-state index contributed by atoms with van der Waals surface area (Å²) in [6.07, 6.45) is 5.03. The Balaban J connectivity index is 1.60. The fourth-order valence-electron chi connectivity index (χ4n) is 2.48. The van der Waals surface area contributed by atoms with Gasteiger partial charge in [-0.15, -0.1) is 0 Å². The highest BCUT2D eigenvalue weighted by molar-refractivity contribution is 5.54. The molecule has 24 heavy (non-hydrogen) atoms. The summed E-state index contributed by atoms with van der Waals surface area (Å²) < 4.78 is 24.1. The summed E-state index contributed by atoms with van der Waals surface area (Å²) in [6, 6.07) is 6.06. The SMILES string of the molecule is CCCC1COC(C#Cc2cnc(-c3ccc(F)cc3)nc2)OC1. The van der Waals surface area contributed by atoms with Gasteiger partial charge in [0, 0.05) is 23.9 Å². The number of hydrogen-bond donors (Lipinski definition) is 0. The van der Waals surface area contributed by atoms with Crippen molar-refractivity contribution in [2.45, 2.75) is 26.1 Å². The summed E-state index contributed by atoms with van der Waals surface area (Å²) in [5.74, 6) is 6.62. The topological polar surface area (TPSA) is 44.2 Å². The standard InChI is InChI=1S/C19H19FN2O2/c1-2-3-15-12-23-18(24-13-15)9-4-14-10-21-19(22-11-14)16-5-7-17(20)8-6-16/h5-8,10-11,15,18H,2-3,12-13H2,1H3. The van der Waals surface area contributed by atoms with Gasteiger partial charge in [-0.2, -0.15) is 0 Å². The zero-order valence-corrected chi connectivity index (χ0v) is 13.5. The maximum atomic E-state index is 12.9. The van der Waals surface area contributed by atoms with Crippen LogP contribution in [0.4, 0.5) is 4.39 Å². The molecule has 0 atom stereocenters. The molecule has 1 aliphatic rings. The molecular weight excluding hydrogens is 307 g/mol. The molecule has 0 radical (unpaired) electrons. The Hall–Kier alpha value is -2.29. The average Bonchev–Trinajstić information content (AvgIpc) is 2.63. The van der Waals surface area contributed by atoms with E-state index in [1.54, 1.807) is 24.5 Å². The lowest BCUT2D eigenvalue weighted by Crippen LogP contribution is -2.31. The number of halogens is 1. The molecule has 124 valence electrons. The van der Waals surface area contributed by atoms with Crippen LogP contribution in [0.5, 0.6) is 0 Å². The number of aromatic nitrogens is 2. The monoisotopic (exact) mass is 326 g/mol. The minimum absolute atomic E-state index is 0.283. The van der Waals surface area contributed by atoms with E-state index in [4.69, 9.17) is 9.47 Å². The van der Waals surface area contributed by atoms with Crippen LogP contribution in [0.25, 0.3) is 11.4 Å². The van der Waals surface area contributed by atoms with Crippen LogP contribution in [-0.4, -0.2) is 29.5 Å². The van der Waals surface area contributed by atoms with Gasteiger partial charge in [0.1, 0.15) is 5.82 Å². The lowest BCUT2D eigenvalue weighted by Gasteiger charge is -2.26. The minimum Gasteiger partial charge on any atom is -0.342 e. The van der Waals surface area contributed by atoms with E-state index in [0.29, 0.717) is 30.5 Å². The largest absolute Gasteiger partial charge is 0.342 e. The number of benzene rings is 1. The van der Waals surface area contributed by atoms with Crippen molar-refractivity contribution in [3.63, 3.8) is 0 Å². The van der Waals surface area contributed by atoms with Crippen molar-refractivity contribution in [2.24, 2.45) is 5.92 Å². The lowest BCUT2D eigenvalue weighted by atomic mass is 10.1. The fraction of sp³-hybridized carbons (Fsp3) is 0.368. The Kier molecular flexibility index (Phi) is 5.52. The highest BCUT2D eigenvalue weighted by atomic mass is 19.1. The molecule has 1 aromatic heterocycles. The van der Waals surface area contributed by atoms with Gasteiger partial charge < -0.3 is 9.47 Å². The van der Waals surface area contributed by atoms with Gasteiger partial charge in [-0.1, -0.05) is 19.3 Å². The molecule has 0 amide bonds. The van der Waals surface area contributed by atoms with E-state index < -0.39 is 6.29 Å². The van der Waals surface area contributed by atoms with E-state index >= 15 is 0 Å². The van der Waals surface area contributed by atoms with E-state index in [1.165, 1.54) is 12.1 Å². The van der Waals surface area contributed by atoms with Crippen LogP contribution >= 0.6 is 0 Å². The molecule has 0 saturated carbocycles. The maximum Gasteiger partial charge on any atom is 0.222 e. The third kappa shape index (κ3) is 4.38. The first-order valence-corrected chi connectivity index (χ1v) is 8.07. The summed E-state index contributed by atoms with van der Waals surface area (Å²) in [4.78, 5) is 8.52. The van der Waals surface area contributed by atoms with Gasteiger partial charge in [0.05, 0.1) is 18.8 Å². The molecule has 3 rings (SSSR count). The van der Waals surface area contributed by atoms with Crippen LogP contribution in [-0.2, 0) is 9.47 Å². The first-order valence-electron chi connectivity index (χ1n) is 8.07. The van der Waals surface area contributed by atoms with Gasteiger partial charge in [0.15, 0.2) is 5.82 Å². The number of rotatable bonds is 3. The van der Waals surface area contributed by atoms with Crippen LogP contribution < -0.4 is 0 Å². The van der Waals surface area contributed by atoms with Crippen molar-refractivity contribution >= 4 is 0 Å². The molecule has 1 fully saturated rings. The second kappa shape index (κ2) is 8.00. The van der Waals surface area contributed by atoms with Crippen molar-refractivity contribution < 1.29 is 13.9 Å². The molecule has 2 aromatic rings. The molecule has 5 heteroatoms. The Morgan fingerprint density at radius 1 is 1.12 bits per heavy atom. The van der Waals surface area contributed by atoms with Crippen molar-refractivity contribution in [3.05, 3.63) is 48.0 Å². The van der Waals surface area contributed by atoms with Gasteiger partial charge in [-0.25, -0.2) is 14.4 Å². The Morgan fingerprint density at radius 3 is 2.42 bits per heavy atom. The zero-order chi connectivity index (χ0) is 16.8. The van der Waals surface area contributed by atoms with Crippen molar-refractivity contribution in [1.29, 1.82) is 0 Å². The number of nitrogens with zero attached hydrogens (tertiary/aromatic N) is 2. The zero-order valence-electron chi connectivity index (χ0n) is 13.5. The predicted octanol–water partition coefficient (Wildman–Crippen LogP) is 3.42. The first kappa shape index (κ1) is 16.6. The van der Waals surface area contributed by atoms with Gasteiger partial charge >= 0.3 is 0 Å². The van der Waals surface area contributed by atoms with Crippen molar-refractivity contribution in [3.8, 4) is 23.2 Å². The summed E-state index contributed by atoms with van der Waals surface area (Å²) in [7, 11) is 0. The quantitative estimate of drug-likeness (QED) is 0.811. The van der Waals surface area contributed by atoms with Crippen molar-refractivity contribution in [2.75, 3.05) is 13.2 Å². The van der Waals surface area contributed by atoms with Crippen molar-refractivity contribution in [1.82, 2.24) is 9.97 Å². The van der Waals surface area contributed by atoms with E-state index in [1.807, 2.05) is 0 Å². The van der Waals surface area contributed by atoms with Crippen LogP contribution in [0, 0.1) is 23.6 Å². The highest BCUT2D eigenvalue weighted by Gasteiger charge is 2.19. The van der Waals surface area contributed by atoms with Crippen LogP contribution in [0.15, 0.2) is 36.7 Å². The highest BCUT2D eigenvalue weighted by Crippen LogP contribution is 2.16. The van der Waals surface area contributed by atoms with Gasteiger partial charge in [0.25, 0.3) is 0 Å². The fourth-order valence-corrected chi connectivity index (χ4v) is 2.48. The number of ether oxygens (including phenoxy) is 2. The van der Waals surface area contributed by atoms with E-state index in [9.17, 15) is 4.39 Å². The lowest BCUT2D eigenvalue weighted by molar-refractivity contribution is -0.170. The summed E-state index contributed by atoms with van der Waals surface area (Å²) in [6.45, 7) is 3.53. The average molecular weight is 326 g/mol. The summed E-state index contributed by atoms with van der Waals surface area (Å²) in [5.41, 5.74) is 1.44. The van der Waals surface area contributed by atoms with Gasteiger partial charge in [0.2, 0.25) is 6.29 Å². The van der Waals surface area contributed by atoms with Crippen LogP contribution in [0.3, 0.4) is 0 Å². The molecule has 2 heterocycles. The van der Waals surface area contributed by atoms with Crippen LogP contribution in [0.2, 0.25) is 0 Å². The Morgan fingerprint density at radius 2 is 1.79 bits per heavy atom. The predicted molar refractivity (Wildman–Crippen MR) is 88.4 cm³/mol. The first-order chi connectivity index (χ1) is 11.7. The molecule has 0 bridgehead atoms. The molecular formula is C19H19FN2O2. The van der Waals surface area contributed by atoms with Crippen LogP contribution in [0.1, 0.15) is 25.3 Å². The smallest absolute Gasteiger partial charge is 0.222 e. The Bertz CT molecular complexity index is 712. The molecule has 1 saturated heterocycles. The second-order valence-corrected chi connectivity index (χ2v) is 5.72. The Labute approximate surface area is 141 Å². The normalized spacial score (nSPS) is 20.2. The summed E-state index contributed by atoms with van der Waals surface area (Å²) >= 11 is 0. The molecule has 0 spiro atoms. The van der Waals surface area contributed by atoms with E-state index in [2.05, 4.69) is 28.7 Å². The molecule has 0 N–H and O–H groups in total. The van der Waals surface area contributed by atoms with Gasteiger partial charge in [-0.05, 0) is 36.6 Å². The second-order valence-electron chi connectivity index (χ2n) is 5.72. The van der Waals surface area contributed by atoms with E-state index in [-0.39, 0.29) is 5.82 Å². The molecule has 0 aliphatic carbocycles. The summed E-state index contributed by atoms with van der Waals surface area (Å²) in [5, 5.41) is 0. The minimum atomic E-state index is -0.491. The third-order valence-electron chi connectivity index (χ3n) is 3.75. The molecule has 1 aromatic carbocycles. The molecule has 0 unspecified atom stereocenters. The molecule has 4 nitrogen and oxygen atoms in total. The third-order valence-corrected chi connectivity index (χ3v) is 3.75. The van der Waals surface area contributed by atoms with E-state index in [0.717, 1.165) is 18.4 Å². The van der Waals surface area contributed by atoms with Gasteiger partial charge in [-0.3, -0.25) is 0 Å². The number of hydrogen-bond acceptors (Lipinski definition) is 4. The maximum absolute atomic E-state index is 12.9. The molecule has 1 aliphatic heterocycles.